The highest BCUT2D eigenvalue weighted by Gasteiger charge is 2.12. The van der Waals surface area contributed by atoms with E-state index in [9.17, 15) is 4.79 Å². The molecule has 0 bridgehead atoms. The summed E-state index contributed by atoms with van der Waals surface area (Å²) in [6.07, 6.45) is 0. The molecular weight excluding hydrogens is 226 g/mol. The van der Waals surface area contributed by atoms with Gasteiger partial charge in [0.2, 0.25) is 0 Å². The van der Waals surface area contributed by atoms with Crippen molar-refractivity contribution in [1.29, 1.82) is 0 Å². The maximum absolute atomic E-state index is 11.8. The third-order valence-electron chi connectivity index (χ3n) is 2.58. The molecule has 0 amide bonds. The van der Waals surface area contributed by atoms with Crippen molar-refractivity contribution in [2.24, 2.45) is 0 Å². The van der Waals surface area contributed by atoms with Crippen LogP contribution in [0.1, 0.15) is 5.69 Å². The molecule has 5 heteroatoms. The number of aromatic amines is 1. The van der Waals surface area contributed by atoms with Crippen LogP contribution in [-0.4, -0.2) is 14.6 Å². The highest BCUT2D eigenvalue weighted by molar-refractivity contribution is 6.34. The lowest BCUT2D eigenvalue weighted by molar-refractivity contribution is 0.959. The molecule has 3 rings (SSSR count). The number of hydrogen-bond acceptors (Lipinski definition) is 2. The van der Waals surface area contributed by atoms with Gasteiger partial charge in [-0.2, -0.15) is 5.10 Å². The van der Waals surface area contributed by atoms with Crippen LogP contribution in [0.15, 0.2) is 29.1 Å². The van der Waals surface area contributed by atoms with Gasteiger partial charge in [0.15, 0.2) is 5.52 Å². The molecule has 0 spiro atoms. The minimum Gasteiger partial charge on any atom is -0.319 e. The molecule has 16 heavy (non-hydrogen) atoms. The average Bonchev–Trinajstić information content (AvgIpc) is 2.57. The number of aryl methyl sites for hydroxylation is 1. The second-order valence-corrected chi connectivity index (χ2v) is 4.01. The summed E-state index contributed by atoms with van der Waals surface area (Å²) in [6.45, 7) is 1.78. The molecule has 0 saturated carbocycles. The van der Waals surface area contributed by atoms with Crippen LogP contribution in [0.5, 0.6) is 0 Å². The number of halogens is 1. The monoisotopic (exact) mass is 233 g/mol. The highest BCUT2D eigenvalue weighted by atomic mass is 35.5. The summed E-state index contributed by atoms with van der Waals surface area (Å²) in [5.74, 6) is 0. The molecule has 1 aromatic carbocycles. The standard InChI is InChI=1S/C11H8ClN3O/c1-6-9(12)10-11(16)13-7-4-2-3-5-8(7)15(10)14-6/h2-5H,1H3,(H,13,16). The summed E-state index contributed by atoms with van der Waals surface area (Å²) in [5.41, 5.74) is 2.43. The van der Waals surface area contributed by atoms with Crippen molar-refractivity contribution >= 4 is 28.2 Å². The van der Waals surface area contributed by atoms with Gasteiger partial charge in [0.1, 0.15) is 0 Å². The Hall–Kier alpha value is -1.81. The Balaban J connectivity index is 2.70. The molecule has 2 heterocycles. The Kier molecular flexibility index (Phi) is 1.82. The Bertz CT molecular complexity index is 757. The number of nitrogens with one attached hydrogen (secondary N) is 1. The largest absolute Gasteiger partial charge is 0.319 e. The van der Waals surface area contributed by atoms with Crippen LogP contribution in [0, 0.1) is 6.92 Å². The van der Waals surface area contributed by atoms with Gasteiger partial charge in [-0.1, -0.05) is 23.7 Å². The lowest BCUT2D eigenvalue weighted by Gasteiger charge is -1.99. The Morgan fingerprint density at radius 3 is 2.94 bits per heavy atom. The summed E-state index contributed by atoms with van der Waals surface area (Å²) >= 11 is 6.04. The molecule has 0 radical (unpaired) electrons. The van der Waals surface area contributed by atoms with Gasteiger partial charge in [-0.05, 0) is 19.1 Å². The highest BCUT2D eigenvalue weighted by Crippen LogP contribution is 2.21. The van der Waals surface area contributed by atoms with E-state index in [0.29, 0.717) is 16.2 Å². The van der Waals surface area contributed by atoms with Crippen molar-refractivity contribution < 1.29 is 0 Å². The lowest BCUT2D eigenvalue weighted by Crippen LogP contribution is -2.10. The fourth-order valence-electron chi connectivity index (χ4n) is 1.82. The van der Waals surface area contributed by atoms with Crippen molar-refractivity contribution in [2.75, 3.05) is 0 Å². The van der Waals surface area contributed by atoms with E-state index in [1.165, 1.54) is 0 Å². The molecule has 0 aliphatic carbocycles. The van der Waals surface area contributed by atoms with Crippen molar-refractivity contribution in [3.63, 3.8) is 0 Å². The van der Waals surface area contributed by atoms with Gasteiger partial charge in [0, 0.05) is 0 Å². The quantitative estimate of drug-likeness (QED) is 0.647. The zero-order chi connectivity index (χ0) is 11.3. The predicted octanol–water partition coefficient (Wildman–Crippen LogP) is 2.14. The summed E-state index contributed by atoms with van der Waals surface area (Å²) in [6, 6.07) is 7.48. The zero-order valence-corrected chi connectivity index (χ0v) is 9.25. The Labute approximate surface area is 95.5 Å². The second-order valence-electron chi connectivity index (χ2n) is 3.63. The van der Waals surface area contributed by atoms with Gasteiger partial charge < -0.3 is 4.98 Å². The minimum atomic E-state index is -0.218. The lowest BCUT2D eigenvalue weighted by atomic mass is 10.3. The van der Waals surface area contributed by atoms with E-state index in [1.54, 1.807) is 11.4 Å². The van der Waals surface area contributed by atoms with Crippen molar-refractivity contribution in [2.45, 2.75) is 6.92 Å². The van der Waals surface area contributed by atoms with Gasteiger partial charge in [-0.25, -0.2) is 4.52 Å². The molecule has 4 nitrogen and oxygen atoms in total. The second kappa shape index (κ2) is 3.09. The first-order valence-corrected chi connectivity index (χ1v) is 5.22. The Morgan fingerprint density at radius 1 is 1.38 bits per heavy atom. The molecule has 2 aromatic heterocycles. The maximum atomic E-state index is 11.8. The van der Waals surface area contributed by atoms with E-state index in [-0.39, 0.29) is 5.56 Å². The predicted molar refractivity (Wildman–Crippen MR) is 63.1 cm³/mol. The molecule has 0 atom stereocenters. The molecule has 80 valence electrons. The van der Waals surface area contributed by atoms with E-state index in [1.807, 2.05) is 24.3 Å². The van der Waals surface area contributed by atoms with E-state index in [0.717, 1.165) is 11.0 Å². The van der Waals surface area contributed by atoms with Crippen molar-refractivity contribution in [1.82, 2.24) is 14.6 Å². The van der Waals surface area contributed by atoms with Crippen LogP contribution in [0.2, 0.25) is 5.02 Å². The number of benzene rings is 1. The van der Waals surface area contributed by atoms with E-state index < -0.39 is 0 Å². The first-order valence-electron chi connectivity index (χ1n) is 4.84. The smallest absolute Gasteiger partial charge is 0.276 e. The molecule has 0 unspecified atom stereocenters. The van der Waals surface area contributed by atoms with Crippen LogP contribution >= 0.6 is 11.6 Å². The van der Waals surface area contributed by atoms with E-state index in [2.05, 4.69) is 10.1 Å². The number of aromatic nitrogens is 3. The first-order chi connectivity index (χ1) is 7.68. The van der Waals surface area contributed by atoms with Crippen LogP contribution in [0.25, 0.3) is 16.6 Å². The topological polar surface area (TPSA) is 50.2 Å². The normalized spacial score (nSPS) is 11.4. The Morgan fingerprint density at radius 2 is 2.12 bits per heavy atom. The first kappa shape index (κ1) is 9.42. The van der Waals surface area contributed by atoms with Crippen LogP contribution < -0.4 is 5.56 Å². The van der Waals surface area contributed by atoms with Gasteiger partial charge in [0.05, 0.1) is 21.7 Å². The molecule has 0 aliphatic heterocycles. The fraction of sp³-hybridized carbons (Fsp3) is 0.0909. The fourth-order valence-corrected chi connectivity index (χ4v) is 2.03. The number of fused-ring (bicyclic) bond motifs is 3. The summed E-state index contributed by atoms with van der Waals surface area (Å²) < 4.78 is 1.59. The van der Waals surface area contributed by atoms with Crippen LogP contribution in [0.4, 0.5) is 0 Å². The number of rotatable bonds is 0. The van der Waals surface area contributed by atoms with Gasteiger partial charge in [0.25, 0.3) is 5.56 Å². The minimum absolute atomic E-state index is 0.218. The number of para-hydroxylation sites is 2. The average molecular weight is 234 g/mol. The van der Waals surface area contributed by atoms with E-state index >= 15 is 0 Å². The number of hydrogen-bond donors (Lipinski definition) is 1. The summed E-state index contributed by atoms with van der Waals surface area (Å²) in [7, 11) is 0. The van der Waals surface area contributed by atoms with Gasteiger partial charge in [-0.3, -0.25) is 4.79 Å². The molecule has 0 aliphatic rings. The van der Waals surface area contributed by atoms with Crippen LogP contribution in [0.3, 0.4) is 0 Å². The van der Waals surface area contributed by atoms with Crippen molar-refractivity contribution in [3.05, 3.63) is 45.3 Å². The molecule has 0 fully saturated rings. The van der Waals surface area contributed by atoms with Gasteiger partial charge in [-0.15, -0.1) is 0 Å². The maximum Gasteiger partial charge on any atom is 0.276 e. The summed E-state index contributed by atoms with van der Waals surface area (Å²) in [4.78, 5) is 14.6. The zero-order valence-electron chi connectivity index (χ0n) is 8.49. The third kappa shape index (κ3) is 1.10. The number of H-pyrrole nitrogens is 1. The summed E-state index contributed by atoms with van der Waals surface area (Å²) in [5, 5.41) is 4.68. The molecule has 0 saturated heterocycles. The molecular formula is C11H8ClN3O. The van der Waals surface area contributed by atoms with E-state index in [4.69, 9.17) is 11.6 Å². The van der Waals surface area contributed by atoms with Gasteiger partial charge >= 0.3 is 0 Å². The molecule has 1 N–H and O–H groups in total. The van der Waals surface area contributed by atoms with Crippen LogP contribution in [-0.2, 0) is 0 Å². The SMILES string of the molecule is Cc1nn2c(c1Cl)c(=O)[nH]c1ccccc12. The van der Waals surface area contributed by atoms with Crippen molar-refractivity contribution in [3.8, 4) is 0 Å². The molecule has 3 aromatic rings. The third-order valence-corrected chi connectivity index (χ3v) is 3.04. The number of nitrogens with zero attached hydrogens (tertiary/aromatic N) is 2.